The molecule has 1 atom stereocenters. The molecule has 1 aromatic heterocycles. The van der Waals surface area contributed by atoms with Crippen LogP contribution in [0.1, 0.15) is 37.1 Å². The average molecular weight is 288 g/mol. The van der Waals surface area contributed by atoms with Crippen LogP contribution in [0.2, 0.25) is 0 Å². The number of nitrogens with one attached hydrogen (secondary N) is 1. The number of rotatable bonds is 4. The smallest absolute Gasteiger partial charge is 0.381 e. The van der Waals surface area contributed by atoms with Crippen molar-refractivity contribution in [3.8, 4) is 0 Å². The summed E-state index contributed by atoms with van der Waals surface area (Å²) >= 11 is 0. The quantitative estimate of drug-likeness (QED) is 0.924. The third-order valence-corrected chi connectivity index (χ3v) is 3.59. The van der Waals surface area contributed by atoms with E-state index in [4.69, 9.17) is 4.74 Å². The lowest BCUT2D eigenvalue weighted by Gasteiger charge is -2.30. The van der Waals surface area contributed by atoms with Gasteiger partial charge in [0.2, 0.25) is 0 Å². The van der Waals surface area contributed by atoms with E-state index < -0.39 is 11.7 Å². The summed E-state index contributed by atoms with van der Waals surface area (Å²) in [6, 6.07) is 2.57. The molecule has 0 saturated carbocycles. The molecule has 1 unspecified atom stereocenters. The minimum atomic E-state index is -4.34. The van der Waals surface area contributed by atoms with Crippen molar-refractivity contribution in [1.29, 1.82) is 0 Å². The SMILES string of the molecule is CCNC(c1ccc(C(F)(F)F)cn1)C1CCOCC1. The topological polar surface area (TPSA) is 34.2 Å². The second-order valence-corrected chi connectivity index (χ2v) is 4.95. The number of aromatic nitrogens is 1. The molecule has 0 spiro atoms. The van der Waals surface area contributed by atoms with Gasteiger partial charge in [0.1, 0.15) is 0 Å². The van der Waals surface area contributed by atoms with Crippen molar-refractivity contribution in [2.24, 2.45) is 5.92 Å². The van der Waals surface area contributed by atoms with E-state index in [9.17, 15) is 13.2 Å². The van der Waals surface area contributed by atoms with Gasteiger partial charge in [-0.15, -0.1) is 0 Å². The summed E-state index contributed by atoms with van der Waals surface area (Å²) in [5.41, 5.74) is -0.0322. The second-order valence-electron chi connectivity index (χ2n) is 4.95. The standard InChI is InChI=1S/C14H19F3N2O/c1-2-18-13(10-5-7-20-8-6-10)12-4-3-11(9-19-12)14(15,16)17/h3-4,9-10,13,18H,2,5-8H2,1H3. The second kappa shape index (κ2) is 6.54. The van der Waals surface area contributed by atoms with Crippen molar-refractivity contribution >= 4 is 0 Å². The zero-order chi connectivity index (χ0) is 14.6. The number of hydrogen-bond acceptors (Lipinski definition) is 3. The predicted octanol–water partition coefficient (Wildman–Crippen LogP) is 3.18. The van der Waals surface area contributed by atoms with Crippen molar-refractivity contribution < 1.29 is 17.9 Å². The number of pyridine rings is 1. The Morgan fingerprint density at radius 2 is 2.05 bits per heavy atom. The molecule has 1 N–H and O–H groups in total. The highest BCUT2D eigenvalue weighted by Crippen LogP contribution is 2.32. The summed E-state index contributed by atoms with van der Waals surface area (Å²) < 4.78 is 43.0. The Labute approximate surface area is 116 Å². The van der Waals surface area contributed by atoms with Gasteiger partial charge < -0.3 is 10.1 Å². The molecule has 0 aromatic carbocycles. The van der Waals surface area contributed by atoms with Crippen LogP contribution in [0.4, 0.5) is 13.2 Å². The Kier molecular flexibility index (Phi) is 4.99. The van der Waals surface area contributed by atoms with E-state index in [1.165, 1.54) is 6.07 Å². The fraction of sp³-hybridized carbons (Fsp3) is 0.643. The molecule has 0 radical (unpaired) electrons. The molecular weight excluding hydrogens is 269 g/mol. The Hall–Kier alpha value is -1.14. The maximum atomic E-state index is 12.6. The van der Waals surface area contributed by atoms with E-state index in [0.29, 0.717) is 24.8 Å². The fourth-order valence-electron chi connectivity index (χ4n) is 2.54. The Morgan fingerprint density at radius 3 is 2.55 bits per heavy atom. The number of ether oxygens (including phenoxy) is 1. The first-order valence-electron chi connectivity index (χ1n) is 6.86. The Balaban J connectivity index is 2.16. The molecule has 2 rings (SSSR count). The lowest BCUT2D eigenvalue weighted by Crippen LogP contribution is -2.32. The van der Waals surface area contributed by atoms with Crippen LogP contribution in [0, 0.1) is 5.92 Å². The van der Waals surface area contributed by atoms with Crippen LogP contribution in [0.15, 0.2) is 18.3 Å². The van der Waals surface area contributed by atoms with E-state index in [1.54, 1.807) is 0 Å². The van der Waals surface area contributed by atoms with Gasteiger partial charge in [0, 0.05) is 19.4 Å². The fourth-order valence-corrected chi connectivity index (χ4v) is 2.54. The maximum absolute atomic E-state index is 12.6. The van der Waals surface area contributed by atoms with Crippen molar-refractivity contribution in [3.05, 3.63) is 29.6 Å². The summed E-state index contributed by atoms with van der Waals surface area (Å²) in [5.74, 6) is 0.355. The first-order valence-corrected chi connectivity index (χ1v) is 6.86. The van der Waals surface area contributed by atoms with Gasteiger partial charge in [-0.3, -0.25) is 4.98 Å². The van der Waals surface area contributed by atoms with Crippen LogP contribution in [-0.2, 0) is 10.9 Å². The van der Waals surface area contributed by atoms with Gasteiger partial charge in [-0.05, 0) is 37.4 Å². The molecule has 0 amide bonds. The summed E-state index contributed by atoms with van der Waals surface area (Å²) in [6.45, 7) is 4.14. The van der Waals surface area contributed by atoms with Gasteiger partial charge in [0.05, 0.1) is 17.3 Å². The minimum Gasteiger partial charge on any atom is -0.381 e. The summed E-state index contributed by atoms with van der Waals surface area (Å²) in [7, 11) is 0. The molecule has 2 heterocycles. The van der Waals surface area contributed by atoms with Crippen LogP contribution in [0.25, 0.3) is 0 Å². The Bertz CT molecular complexity index is 413. The van der Waals surface area contributed by atoms with E-state index >= 15 is 0 Å². The van der Waals surface area contributed by atoms with Crippen LogP contribution >= 0.6 is 0 Å². The van der Waals surface area contributed by atoms with Crippen LogP contribution in [-0.4, -0.2) is 24.7 Å². The van der Waals surface area contributed by atoms with Gasteiger partial charge in [0.25, 0.3) is 0 Å². The van der Waals surface area contributed by atoms with E-state index in [2.05, 4.69) is 10.3 Å². The third-order valence-electron chi connectivity index (χ3n) is 3.59. The highest BCUT2D eigenvalue weighted by molar-refractivity contribution is 5.19. The molecule has 0 aliphatic carbocycles. The molecule has 20 heavy (non-hydrogen) atoms. The van der Waals surface area contributed by atoms with Gasteiger partial charge in [0.15, 0.2) is 0 Å². The summed E-state index contributed by atoms with van der Waals surface area (Å²) in [5, 5.41) is 3.33. The van der Waals surface area contributed by atoms with E-state index in [-0.39, 0.29) is 6.04 Å². The van der Waals surface area contributed by atoms with E-state index in [0.717, 1.165) is 31.6 Å². The zero-order valence-corrected chi connectivity index (χ0v) is 11.4. The molecule has 1 aliphatic heterocycles. The maximum Gasteiger partial charge on any atom is 0.417 e. The highest BCUT2D eigenvalue weighted by atomic mass is 19.4. The molecule has 1 aliphatic rings. The van der Waals surface area contributed by atoms with Crippen LogP contribution in [0.5, 0.6) is 0 Å². The number of nitrogens with zero attached hydrogens (tertiary/aromatic N) is 1. The van der Waals surface area contributed by atoms with Crippen molar-refractivity contribution in [3.63, 3.8) is 0 Å². The lowest BCUT2D eigenvalue weighted by molar-refractivity contribution is -0.137. The number of hydrogen-bond donors (Lipinski definition) is 1. The molecule has 1 aromatic rings. The van der Waals surface area contributed by atoms with Gasteiger partial charge in [-0.1, -0.05) is 6.92 Å². The zero-order valence-electron chi connectivity index (χ0n) is 11.4. The average Bonchev–Trinajstić information content (AvgIpc) is 2.45. The molecule has 6 heteroatoms. The van der Waals surface area contributed by atoms with Crippen molar-refractivity contribution in [2.45, 2.75) is 32.0 Å². The monoisotopic (exact) mass is 288 g/mol. The predicted molar refractivity (Wildman–Crippen MR) is 69.2 cm³/mol. The van der Waals surface area contributed by atoms with Gasteiger partial charge in [-0.25, -0.2) is 0 Å². The molecular formula is C14H19F3N2O. The van der Waals surface area contributed by atoms with E-state index in [1.807, 2.05) is 6.92 Å². The summed E-state index contributed by atoms with van der Waals surface area (Å²) in [4.78, 5) is 4.02. The molecule has 112 valence electrons. The van der Waals surface area contributed by atoms with Gasteiger partial charge >= 0.3 is 6.18 Å². The van der Waals surface area contributed by atoms with Crippen molar-refractivity contribution in [1.82, 2.24) is 10.3 Å². The number of alkyl halides is 3. The van der Waals surface area contributed by atoms with Crippen LogP contribution < -0.4 is 5.32 Å². The highest BCUT2D eigenvalue weighted by Gasteiger charge is 2.32. The molecule has 3 nitrogen and oxygen atoms in total. The first kappa shape index (κ1) is 15.3. The largest absolute Gasteiger partial charge is 0.417 e. The molecule has 1 saturated heterocycles. The third kappa shape index (κ3) is 3.70. The minimum absolute atomic E-state index is 0.00816. The van der Waals surface area contributed by atoms with Gasteiger partial charge in [-0.2, -0.15) is 13.2 Å². The van der Waals surface area contributed by atoms with Crippen LogP contribution in [0.3, 0.4) is 0 Å². The van der Waals surface area contributed by atoms with Crippen molar-refractivity contribution in [2.75, 3.05) is 19.8 Å². The Morgan fingerprint density at radius 1 is 1.35 bits per heavy atom. The molecule has 1 fully saturated rings. The number of halogens is 3. The lowest BCUT2D eigenvalue weighted by atomic mass is 9.89. The first-order chi connectivity index (χ1) is 9.52. The normalized spacial score (nSPS) is 19.0. The molecule has 0 bridgehead atoms. The summed E-state index contributed by atoms with van der Waals surface area (Å²) in [6.07, 6.45) is -1.61.